The third-order valence-electron chi connectivity index (χ3n) is 3.52. The SMILES string of the molecule is CO/N=C/c1c(-c2ccccc2)nc2sc3ccccc3n12. The molecule has 0 spiro atoms. The minimum absolute atomic E-state index is 0.915. The molecule has 0 aliphatic heterocycles. The largest absolute Gasteiger partial charge is 0.399 e. The maximum atomic E-state index is 4.88. The van der Waals surface area contributed by atoms with E-state index in [4.69, 9.17) is 9.82 Å². The normalized spacial score (nSPS) is 11.7. The molecule has 0 bridgehead atoms. The molecular weight excluding hydrogens is 294 g/mol. The standard InChI is InChI=1S/C17H13N3OS/c1-21-18-11-14-16(12-7-3-2-4-8-12)19-17-20(14)13-9-5-6-10-15(13)22-17/h2-11H,1H3/b18-11+. The van der Waals surface area contributed by atoms with Crippen molar-refractivity contribution in [1.82, 2.24) is 9.38 Å². The van der Waals surface area contributed by atoms with Crippen molar-refractivity contribution < 1.29 is 4.84 Å². The Bertz CT molecular complexity index is 970. The molecule has 0 N–H and O–H groups in total. The molecule has 2 heterocycles. The van der Waals surface area contributed by atoms with Crippen LogP contribution in [-0.4, -0.2) is 22.7 Å². The number of imidazole rings is 1. The molecule has 0 aliphatic carbocycles. The third kappa shape index (κ3) is 1.98. The predicted molar refractivity (Wildman–Crippen MR) is 90.6 cm³/mol. The molecule has 0 unspecified atom stereocenters. The highest BCUT2D eigenvalue weighted by Gasteiger charge is 2.16. The monoisotopic (exact) mass is 307 g/mol. The quantitative estimate of drug-likeness (QED) is 0.420. The molecule has 4 rings (SSSR count). The summed E-state index contributed by atoms with van der Waals surface area (Å²) in [5, 5.41) is 3.96. The van der Waals surface area contributed by atoms with E-state index in [9.17, 15) is 0 Å². The summed E-state index contributed by atoms with van der Waals surface area (Å²) in [5.41, 5.74) is 4.05. The minimum atomic E-state index is 0.915. The molecule has 0 saturated heterocycles. The molecule has 4 nitrogen and oxygen atoms in total. The number of fused-ring (bicyclic) bond motifs is 3. The van der Waals surface area contributed by atoms with Crippen LogP contribution in [0.3, 0.4) is 0 Å². The number of rotatable bonds is 3. The van der Waals surface area contributed by atoms with Gasteiger partial charge in [-0.2, -0.15) is 0 Å². The number of benzene rings is 2. The molecule has 0 aliphatic rings. The molecular formula is C17H13N3OS. The average molecular weight is 307 g/mol. The van der Waals surface area contributed by atoms with Crippen molar-refractivity contribution in [3.05, 3.63) is 60.3 Å². The Morgan fingerprint density at radius 2 is 1.86 bits per heavy atom. The third-order valence-corrected chi connectivity index (χ3v) is 4.54. The molecule has 0 amide bonds. The lowest BCUT2D eigenvalue weighted by atomic mass is 10.1. The molecule has 2 aromatic heterocycles. The summed E-state index contributed by atoms with van der Waals surface area (Å²) in [6.45, 7) is 0. The van der Waals surface area contributed by atoms with Crippen molar-refractivity contribution in [1.29, 1.82) is 0 Å². The number of oxime groups is 1. The van der Waals surface area contributed by atoms with Gasteiger partial charge in [0.1, 0.15) is 7.11 Å². The Balaban J connectivity index is 2.07. The molecule has 0 atom stereocenters. The summed E-state index contributed by atoms with van der Waals surface area (Å²) >= 11 is 1.67. The minimum Gasteiger partial charge on any atom is -0.399 e. The summed E-state index contributed by atoms with van der Waals surface area (Å²) in [6.07, 6.45) is 1.72. The first-order chi connectivity index (χ1) is 10.9. The first kappa shape index (κ1) is 13.0. The van der Waals surface area contributed by atoms with E-state index in [1.807, 2.05) is 30.3 Å². The van der Waals surface area contributed by atoms with Gasteiger partial charge < -0.3 is 4.84 Å². The average Bonchev–Trinajstić information content (AvgIpc) is 3.10. The van der Waals surface area contributed by atoms with Crippen LogP contribution < -0.4 is 0 Å². The molecule has 0 radical (unpaired) electrons. The fourth-order valence-electron chi connectivity index (χ4n) is 2.57. The van der Waals surface area contributed by atoms with Gasteiger partial charge in [0.05, 0.1) is 27.8 Å². The zero-order valence-corrected chi connectivity index (χ0v) is 12.7. The van der Waals surface area contributed by atoms with Crippen LogP contribution in [0.5, 0.6) is 0 Å². The van der Waals surface area contributed by atoms with E-state index in [2.05, 4.69) is 33.8 Å². The van der Waals surface area contributed by atoms with Crippen LogP contribution in [0.25, 0.3) is 26.4 Å². The predicted octanol–water partition coefficient (Wildman–Crippen LogP) is 4.20. The van der Waals surface area contributed by atoms with Gasteiger partial charge in [-0.05, 0) is 12.1 Å². The van der Waals surface area contributed by atoms with E-state index in [0.717, 1.165) is 27.4 Å². The van der Waals surface area contributed by atoms with E-state index in [-0.39, 0.29) is 0 Å². The smallest absolute Gasteiger partial charge is 0.195 e. The van der Waals surface area contributed by atoms with Crippen molar-refractivity contribution in [3.8, 4) is 11.3 Å². The summed E-state index contributed by atoms with van der Waals surface area (Å²) in [4.78, 5) is 10.6. The highest BCUT2D eigenvalue weighted by molar-refractivity contribution is 7.23. The fourth-order valence-corrected chi connectivity index (χ4v) is 3.60. The van der Waals surface area contributed by atoms with Crippen LogP contribution in [0, 0.1) is 0 Å². The van der Waals surface area contributed by atoms with Crippen LogP contribution in [0.1, 0.15) is 5.69 Å². The van der Waals surface area contributed by atoms with Gasteiger partial charge in [0.25, 0.3) is 0 Å². The number of para-hydroxylation sites is 1. The second-order valence-corrected chi connectivity index (χ2v) is 5.83. The summed E-state index contributed by atoms with van der Waals surface area (Å²) < 4.78 is 3.34. The molecule has 0 fully saturated rings. The highest BCUT2D eigenvalue weighted by Crippen LogP contribution is 2.32. The molecule has 22 heavy (non-hydrogen) atoms. The molecule has 2 aromatic carbocycles. The maximum absolute atomic E-state index is 4.88. The lowest BCUT2D eigenvalue weighted by Crippen LogP contribution is -1.93. The van der Waals surface area contributed by atoms with Gasteiger partial charge in [-0.25, -0.2) is 4.98 Å². The fraction of sp³-hybridized carbons (Fsp3) is 0.0588. The van der Waals surface area contributed by atoms with Crippen molar-refractivity contribution in [3.63, 3.8) is 0 Å². The van der Waals surface area contributed by atoms with Crippen molar-refractivity contribution in [2.75, 3.05) is 7.11 Å². The van der Waals surface area contributed by atoms with Gasteiger partial charge in [-0.1, -0.05) is 59.0 Å². The summed E-state index contributed by atoms with van der Waals surface area (Å²) in [5.74, 6) is 0. The van der Waals surface area contributed by atoms with Crippen LogP contribution in [0.15, 0.2) is 59.8 Å². The first-order valence-corrected chi connectivity index (χ1v) is 7.72. The van der Waals surface area contributed by atoms with Crippen LogP contribution >= 0.6 is 11.3 Å². The van der Waals surface area contributed by atoms with Crippen molar-refractivity contribution in [2.24, 2.45) is 5.16 Å². The molecule has 4 aromatic rings. The zero-order chi connectivity index (χ0) is 14.9. The Labute approximate surface area is 131 Å². The number of nitrogens with zero attached hydrogens (tertiary/aromatic N) is 3. The van der Waals surface area contributed by atoms with Crippen LogP contribution in [-0.2, 0) is 4.84 Å². The first-order valence-electron chi connectivity index (χ1n) is 6.90. The lowest BCUT2D eigenvalue weighted by Gasteiger charge is -2.00. The highest BCUT2D eigenvalue weighted by atomic mass is 32.1. The Morgan fingerprint density at radius 3 is 2.68 bits per heavy atom. The van der Waals surface area contributed by atoms with Gasteiger partial charge in [0, 0.05) is 5.56 Å². The topological polar surface area (TPSA) is 38.9 Å². The second kappa shape index (κ2) is 5.27. The lowest BCUT2D eigenvalue weighted by molar-refractivity contribution is 0.215. The summed E-state index contributed by atoms with van der Waals surface area (Å²) in [7, 11) is 1.54. The van der Waals surface area contributed by atoms with E-state index in [1.54, 1.807) is 24.7 Å². The number of hydrogen-bond acceptors (Lipinski definition) is 4. The van der Waals surface area contributed by atoms with Gasteiger partial charge in [-0.3, -0.25) is 4.40 Å². The van der Waals surface area contributed by atoms with Gasteiger partial charge in [0.15, 0.2) is 4.96 Å². The Morgan fingerprint density at radius 1 is 1.09 bits per heavy atom. The zero-order valence-electron chi connectivity index (χ0n) is 11.9. The number of hydrogen-bond donors (Lipinski definition) is 0. The number of thiazole rings is 1. The maximum Gasteiger partial charge on any atom is 0.195 e. The van der Waals surface area contributed by atoms with Crippen molar-refractivity contribution >= 4 is 32.7 Å². The molecule has 108 valence electrons. The van der Waals surface area contributed by atoms with Crippen molar-refractivity contribution in [2.45, 2.75) is 0 Å². The van der Waals surface area contributed by atoms with Crippen LogP contribution in [0.2, 0.25) is 0 Å². The van der Waals surface area contributed by atoms with E-state index < -0.39 is 0 Å². The number of aromatic nitrogens is 2. The second-order valence-electron chi connectivity index (χ2n) is 4.82. The molecule has 5 heteroatoms. The summed E-state index contributed by atoms with van der Waals surface area (Å²) in [6, 6.07) is 18.4. The van der Waals surface area contributed by atoms with Crippen LogP contribution in [0.4, 0.5) is 0 Å². The Kier molecular flexibility index (Phi) is 3.12. The van der Waals surface area contributed by atoms with E-state index in [1.165, 1.54) is 4.70 Å². The Hall–Kier alpha value is -2.66. The molecule has 0 saturated carbocycles. The van der Waals surface area contributed by atoms with Gasteiger partial charge in [-0.15, -0.1) is 0 Å². The van der Waals surface area contributed by atoms with Gasteiger partial charge >= 0.3 is 0 Å². The van der Waals surface area contributed by atoms with E-state index in [0.29, 0.717) is 0 Å². The van der Waals surface area contributed by atoms with Gasteiger partial charge in [0.2, 0.25) is 0 Å². The van der Waals surface area contributed by atoms with E-state index >= 15 is 0 Å².